The molecule has 47 heavy (non-hydrogen) atoms. The summed E-state index contributed by atoms with van der Waals surface area (Å²) in [6.07, 6.45) is -1.52. The molecule has 23 heteroatoms. The van der Waals surface area contributed by atoms with Gasteiger partial charge in [0.25, 0.3) is 0 Å². The predicted octanol–water partition coefficient (Wildman–Crippen LogP) is -7.41. The number of nitrogens with two attached hydrogens (primary N) is 3. The number of carbonyl (C=O) groups excluding carboxylic acids is 6. The number of nitrogens with zero attached hydrogens (tertiary/aromatic N) is 1. The highest BCUT2D eigenvalue weighted by Gasteiger charge is 2.28. The van der Waals surface area contributed by atoms with Crippen LogP contribution in [0.2, 0.25) is 0 Å². The van der Waals surface area contributed by atoms with Crippen LogP contribution in [0, 0.1) is 0 Å². The Labute approximate surface area is 266 Å². The van der Waals surface area contributed by atoms with Crippen molar-refractivity contribution in [3.05, 3.63) is 0 Å². The number of aliphatic hydroxyl groups is 1. The summed E-state index contributed by atoms with van der Waals surface area (Å²) in [6, 6.07) is -7.54. The van der Waals surface area contributed by atoms with Crippen LogP contribution in [0.15, 0.2) is 4.99 Å². The Bertz CT molecular complexity index is 1210. The summed E-state index contributed by atoms with van der Waals surface area (Å²) in [7, 11) is 0. The number of hydrogen-bond acceptors (Lipinski definition) is 12. The van der Waals surface area contributed by atoms with Gasteiger partial charge in [-0.15, -0.1) is 0 Å². The Balaban J connectivity index is 5.02. The minimum Gasteiger partial charge on any atom is -0.481 e. The van der Waals surface area contributed by atoms with Gasteiger partial charge in [0, 0.05) is 6.54 Å². The largest absolute Gasteiger partial charge is 0.481 e. The molecule has 0 aromatic heterocycles. The second-order valence-electron chi connectivity index (χ2n) is 9.74. The van der Waals surface area contributed by atoms with Gasteiger partial charge in [-0.3, -0.25) is 43.3 Å². The third-order valence-corrected chi connectivity index (χ3v) is 5.75. The molecule has 0 radical (unpaired) electrons. The van der Waals surface area contributed by atoms with Crippen LogP contribution in [-0.4, -0.2) is 136 Å². The Morgan fingerprint density at radius 1 is 0.681 bits per heavy atom. The number of nitrogens with one attached hydrogen (secondary N) is 6. The zero-order valence-corrected chi connectivity index (χ0v) is 25.2. The summed E-state index contributed by atoms with van der Waals surface area (Å²) in [5.41, 5.74) is 15.7. The van der Waals surface area contributed by atoms with Gasteiger partial charge in [-0.05, 0) is 19.8 Å². The second-order valence-corrected chi connectivity index (χ2v) is 9.74. The van der Waals surface area contributed by atoms with Gasteiger partial charge in [-0.1, -0.05) is 0 Å². The van der Waals surface area contributed by atoms with E-state index in [4.69, 9.17) is 27.4 Å². The number of aliphatic hydroxyl groups excluding tert-OH is 1. The molecule has 0 saturated carbocycles. The smallest absolute Gasteiger partial charge is 0.326 e. The lowest BCUT2D eigenvalue weighted by molar-refractivity contribution is -0.142. The number of carboxylic acid groups (broad SMARTS) is 3. The molecule has 0 aromatic rings. The van der Waals surface area contributed by atoms with Crippen molar-refractivity contribution in [1.82, 2.24) is 31.9 Å². The van der Waals surface area contributed by atoms with E-state index in [1.165, 1.54) is 6.92 Å². The lowest BCUT2D eigenvalue weighted by Gasteiger charge is -2.22. The number of rotatable bonds is 22. The molecule has 0 rings (SSSR count). The van der Waals surface area contributed by atoms with Gasteiger partial charge >= 0.3 is 17.9 Å². The number of aliphatic imine (C=N–C) groups is 1. The van der Waals surface area contributed by atoms with Crippen molar-refractivity contribution in [3.63, 3.8) is 0 Å². The molecule has 6 amide bonds. The number of aliphatic carboxylic acids is 3. The molecule has 0 aliphatic carbocycles. The van der Waals surface area contributed by atoms with E-state index in [-0.39, 0.29) is 25.3 Å². The Hall–Kier alpha value is -5.58. The van der Waals surface area contributed by atoms with E-state index in [1.54, 1.807) is 0 Å². The molecule has 0 aromatic carbocycles. The molecule has 16 N–H and O–H groups in total. The average Bonchev–Trinajstić information content (AvgIpc) is 2.97. The van der Waals surface area contributed by atoms with Gasteiger partial charge in [0.2, 0.25) is 35.4 Å². The third-order valence-electron chi connectivity index (χ3n) is 5.75. The van der Waals surface area contributed by atoms with Crippen molar-refractivity contribution < 1.29 is 63.6 Å². The van der Waals surface area contributed by atoms with Gasteiger partial charge in [0.1, 0.15) is 24.2 Å². The van der Waals surface area contributed by atoms with Crippen LogP contribution in [0.1, 0.15) is 32.6 Å². The highest BCUT2D eigenvalue weighted by Crippen LogP contribution is 2.00. The van der Waals surface area contributed by atoms with Gasteiger partial charge in [-0.25, -0.2) is 4.79 Å². The molecule has 0 saturated heterocycles. The zero-order valence-electron chi connectivity index (χ0n) is 25.2. The van der Waals surface area contributed by atoms with Crippen molar-refractivity contribution in [2.75, 3.05) is 26.2 Å². The first kappa shape index (κ1) is 41.4. The molecule has 0 fully saturated rings. The Morgan fingerprint density at radius 2 is 1.21 bits per heavy atom. The highest BCUT2D eigenvalue weighted by molar-refractivity contribution is 5.96. The van der Waals surface area contributed by atoms with E-state index in [0.29, 0.717) is 0 Å². The van der Waals surface area contributed by atoms with Crippen LogP contribution < -0.4 is 49.1 Å². The molecular formula is C24H40N10O13. The molecule has 5 atom stereocenters. The lowest BCUT2D eigenvalue weighted by atomic mass is 10.1. The summed E-state index contributed by atoms with van der Waals surface area (Å²) in [5, 5.41) is 49.1. The van der Waals surface area contributed by atoms with E-state index < -0.39 is 116 Å². The Morgan fingerprint density at radius 3 is 1.70 bits per heavy atom. The highest BCUT2D eigenvalue weighted by atomic mass is 16.4. The minimum absolute atomic E-state index is 0.0452. The van der Waals surface area contributed by atoms with Crippen LogP contribution in [0.3, 0.4) is 0 Å². The number of carbonyl (C=O) groups is 9. The molecule has 0 aliphatic rings. The maximum Gasteiger partial charge on any atom is 0.326 e. The monoisotopic (exact) mass is 676 g/mol. The zero-order chi connectivity index (χ0) is 36.3. The van der Waals surface area contributed by atoms with Gasteiger partial charge in [0.05, 0.1) is 38.6 Å². The molecule has 264 valence electrons. The fourth-order valence-electron chi connectivity index (χ4n) is 3.38. The van der Waals surface area contributed by atoms with Crippen LogP contribution in [0.4, 0.5) is 0 Å². The Kier molecular flexibility index (Phi) is 18.7. The molecule has 0 aliphatic heterocycles. The summed E-state index contributed by atoms with van der Waals surface area (Å²) in [6.45, 7) is -1.33. The van der Waals surface area contributed by atoms with Crippen molar-refractivity contribution >= 4 is 59.3 Å². The maximum absolute atomic E-state index is 12.5. The molecule has 0 bridgehead atoms. The van der Waals surface area contributed by atoms with E-state index in [1.807, 2.05) is 16.0 Å². The van der Waals surface area contributed by atoms with Gasteiger partial charge in [-0.2, -0.15) is 0 Å². The molecular weight excluding hydrogens is 636 g/mol. The van der Waals surface area contributed by atoms with E-state index in [0.717, 1.165) is 0 Å². The molecule has 0 heterocycles. The first-order valence-corrected chi connectivity index (χ1v) is 13.7. The molecule has 23 nitrogen and oxygen atoms in total. The van der Waals surface area contributed by atoms with Crippen LogP contribution in [-0.2, 0) is 43.2 Å². The average molecular weight is 677 g/mol. The minimum atomic E-state index is -1.74. The van der Waals surface area contributed by atoms with E-state index >= 15 is 0 Å². The fourth-order valence-corrected chi connectivity index (χ4v) is 3.38. The quantitative estimate of drug-likeness (QED) is 0.0288. The van der Waals surface area contributed by atoms with Crippen molar-refractivity contribution in [2.24, 2.45) is 22.2 Å². The van der Waals surface area contributed by atoms with Crippen molar-refractivity contribution in [3.8, 4) is 0 Å². The van der Waals surface area contributed by atoms with Crippen molar-refractivity contribution in [1.29, 1.82) is 0 Å². The van der Waals surface area contributed by atoms with Crippen molar-refractivity contribution in [2.45, 2.75) is 62.8 Å². The van der Waals surface area contributed by atoms with Gasteiger partial charge < -0.3 is 69.5 Å². The molecule has 0 spiro atoms. The topological polar surface area (TPSA) is 397 Å². The fraction of sp³-hybridized carbons (Fsp3) is 0.583. The first-order chi connectivity index (χ1) is 21.9. The van der Waals surface area contributed by atoms with Crippen LogP contribution in [0.25, 0.3) is 0 Å². The second kappa shape index (κ2) is 21.2. The standard InChI is InChI=1S/C24H40N10O13/c1-10(19(42)34-12(23(46)47)3-2-4-28-24(26)27)31-22(45)14(9-35)33-16(37)8-30-21(44)13(6-18(40)41)32-15(36)7-29-20(43)11(25)5-17(38)39/h10-14,35H,2-9,25H2,1H3,(H,29,43)(H,30,44)(H,31,45)(H,32,36)(H,33,37)(H,34,42)(H,38,39)(H,40,41)(H,46,47)(H4,26,27,28)/t10-,11-,12-,13-,14-/m0/s1. The summed E-state index contributed by atoms with van der Waals surface area (Å²) < 4.78 is 0. The van der Waals surface area contributed by atoms with Crippen LogP contribution in [0.5, 0.6) is 0 Å². The number of guanidine groups is 1. The van der Waals surface area contributed by atoms with E-state index in [9.17, 15) is 53.4 Å². The third kappa shape index (κ3) is 18.1. The number of carboxylic acids is 3. The summed E-state index contributed by atoms with van der Waals surface area (Å²) in [4.78, 5) is 111. The lowest BCUT2D eigenvalue weighted by Crippen LogP contribution is -2.57. The summed E-state index contributed by atoms with van der Waals surface area (Å²) >= 11 is 0. The first-order valence-electron chi connectivity index (χ1n) is 13.7. The molecule has 0 unspecified atom stereocenters. The van der Waals surface area contributed by atoms with Gasteiger partial charge in [0.15, 0.2) is 5.96 Å². The number of hydrogen-bond donors (Lipinski definition) is 13. The predicted molar refractivity (Wildman–Crippen MR) is 157 cm³/mol. The number of amides is 6. The SMILES string of the molecule is C[C@H](NC(=O)[C@H](CO)NC(=O)CNC(=O)[C@H](CC(=O)O)NC(=O)CNC(=O)[C@@H](N)CC(=O)O)C(=O)N[C@@H](CCCN=C(N)N)C(=O)O. The normalized spacial score (nSPS) is 13.6. The summed E-state index contributed by atoms with van der Waals surface area (Å²) in [5.74, 6) is -10.7. The van der Waals surface area contributed by atoms with E-state index in [2.05, 4.69) is 20.9 Å². The maximum atomic E-state index is 12.5. The van der Waals surface area contributed by atoms with Crippen LogP contribution >= 0.6 is 0 Å².